The van der Waals surface area contributed by atoms with E-state index in [1.54, 1.807) is 0 Å². The van der Waals surface area contributed by atoms with Crippen LogP contribution in [0, 0.1) is 5.92 Å². The van der Waals surface area contributed by atoms with E-state index in [1.807, 2.05) is 30.3 Å². The van der Waals surface area contributed by atoms with E-state index in [9.17, 15) is 9.59 Å². The number of benzene rings is 1. The van der Waals surface area contributed by atoms with Gasteiger partial charge >= 0.3 is 5.97 Å². The summed E-state index contributed by atoms with van der Waals surface area (Å²) in [5.74, 6) is -0.489. The van der Waals surface area contributed by atoms with Crippen molar-refractivity contribution in [3.8, 4) is 0 Å². The van der Waals surface area contributed by atoms with Crippen LogP contribution in [0.15, 0.2) is 30.3 Å². The van der Waals surface area contributed by atoms with Gasteiger partial charge in [-0.15, -0.1) is 0 Å². The van der Waals surface area contributed by atoms with Gasteiger partial charge < -0.3 is 5.11 Å². The second kappa shape index (κ2) is 8.00. The lowest BCUT2D eigenvalue weighted by atomic mass is 10.0. The van der Waals surface area contributed by atoms with Crippen LogP contribution in [0.1, 0.15) is 43.9 Å². The fourth-order valence-corrected chi connectivity index (χ4v) is 2.93. The average Bonchev–Trinajstić information content (AvgIpc) is 2.36. The molecule has 1 rings (SSSR count). The van der Waals surface area contributed by atoms with Gasteiger partial charge in [0, 0.05) is 18.1 Å². The van der Waals surface area contributed by atoms with Crippen LogP contribution in [0.25, 0.3) is 0 Å². The number of rotatable bonds is 7. The molecule has 0 fully saturated rings. The van der Waals surface area contributed by atoms with Crippen LogP contribution in [-0.4, -0.2) is 16.2 Å². The van der Waals surface area contributed by atoms with Crippen molar-refractivity contribution in [3.05, 3.63) is 35.9 Å². The van der Waals surface area contributed by atoms with Gasteiger partial charge in [-0.3, -0.25) is 9.59 Å². The molecule has 0 amide bonds. The van der Waals surface area contributed by atoms with Crippen LogP contribution < -0.4 is 0 Å². The molecule has 1 N–H and O–H groups in total. The quantitative estimate of drug-likeness (QED) is 0.823. The highest BCUT2D eigenvalue weighted by Crippen LogP contribution is 2.36. The van der Waals surface area contributed by atoms with Crippen LogP contribution >= 0.6 is 11.8 Å². The van der Waals surface area contributed by atoms with Crippen molar-refractivity contribution in [2.45, 2.75) is 38.4 Å². The van der Waals surface area contributed by atoms with Gasteiger partial charge in [0.05, 0.1) is 0 Å². The van der Waals surface area contributed by atoms with Gasteiger partial charge in [0.2, 0.25) is 0 Å². The van der Waals surface area contributed by atoms with Crippen LogP contribution in [0.5, 0.6) is 0 Å². The van der Waals surface area contributed by atoms with Crippen LogP contribution in [0.4, 0.5) is 0 Å². The zero-order valence-corrected chi connectivity index (χ0v) is 12.2. The van der Waals surface area contributed by atoms with E-state index in [-0.39, 0.29) is 16.8 Å². The molecular weight excluding hydrogens is 260 g/mol. The van der Waals surface area contributed by atoms with Gasteiger partial charge in [0.15, 0.2) is 5.12 Å². The third kappa shape index (κ3) is 5.92. The summed E-state index contributed by atoms with van der Waals surface area (Å²) in [4.78, 5) is 22.3. The number of carbonyl (C=O) groups excluding carboxylic acids is 1. The zero-order chi connectivity index (χ0) is 14.3. The zero-order valence-electron chi connectivity index (χ0n) is 11.3. The Labute approximate surface area is 118 Å². The summed E-state index contributed by atoms with van der Waals surface area (Å²) in [6.07, 6.45) is 0.803. The molecule has 0 aromatic heterocycles. The minimum Gasteiger partial charge on any atom is -0.481 e. The molecular formula is C15H20O3S. The molecule has 3 nitrogen and oxygen atoms in total. The number of carbonyl (C=O) groups is 2. The predicted molar refractivity (Wildman–Crippen MR) is 78.1 cm³/mol. The van der Waals surface area contributed by atoms with Crippen molar-refractivity contribution in [2.75, 3.05) is 0 Å². The highest BCUT2D eigenvalue weighted by molar-refractivity contribution is 8.13. The molecule has 0 aliphatic rings. The second-order valence-corrected chi connectivity index (χ2v) is 6.01. The summed E-state index contributed by atoms with van der Waals surface area (Å²) >= 11 is 1.33. The van der Waals surface area contributed by atoms with E-state index >= 15 is 0 Å². The van der Waals surface area contributed by atoms with E-state index in [2.05, 4.69) is 13.8 Å². The summed E-state index contributed by atoms with van der Waals surface area (Å²) in [6.45, 7) is 4.18. The average molecular weight is 280 g/mol. The van der Waals surface area contributed by atoms with Crippen molar-refractivity contribution >= 4 is 22.8 Å². The summed E-state index contributed by atoms with van der Waals surface area (Å²) in [7, 11) is 0. The Bertz CT molecular complexity index is 415. The van der Waals surface area contributed by atoms with Gasteiger partial charge in [0.25, 0.3) is 0 Å². The van der Waals surface area contributed by atoms with Gasteiger partial charge in [0.1, 0.15) is 0 Å². The topological polar surface area (TPSA) is 54.4 Å². The molecule has 0 aliphatic carbocycles. The summed E-state index contributed by atoms with van der Waals surface area (Å²) in [6, 6.07) is 9.96. The Morgan fingerprint density at radius 1 is 1.16 bits per heavy atom. The lowest BCUT2D eigenvalue weighted by molar-refractivity contribution is -0.137. The van der Waals surface area contributed by atoms with Crippen molar-refractivity contribution < 1.29 is 14.7 Å². The predicted octanol–water partition coefficient (Wildman–Crippen LogP) is 3.90. The first-order valence-electron chi connectivity index (χ1n) is 6.47. The van der Waals surface area contributed by atoms with E-state index in [4.69, 9.17) is 5.11 Å². The Balaban J connectivity index is 2.55. The highest BCUT2D eigenvalue weighted by Gasteiger charge is 2.20. The Morgan fingerprint density at radius 2 is 1.79 bits per heavy atom. The van der Waals surface area contributed by atoms with Crippen molar-refractivity contribution in [1.29, 1.82) is 0 Å². The fourth-order valence-electron chi connectivity index (χ4n) is 1.82. The first-order chi connectivity index (χ1) is 9.00. The molecule has 4 heteroatoms. The molecule has 1 aromatic carbocycles. The number of thioether (sulfide) groups is 1. The monoisotopic (exact) mass is 280 g/mol. The first-order valence-corrected chi connectivity index (χ1v) is 7.35. The Hall–Kier alpha value is -1.29. The molecule has 104 valence electrons. The van der Waals surface area contributed by atoms with Crippen molar-refractivity contribution in [1.82, 2.24) is 0 Å². The summed E-state index contributed by atoms with van der Waals surface area (Å²) in [5.41, 5.74) is 1.15. The molecule has 0 saturated carbocycles. The summed E-state index contributed by atoms with van der Waals surface area (Å²) < 4.78 is 0. The second-order valence-electron chi connectivity index (χ2n) is 4.81. The summed E-state index contributed by atoms with van der Waals surface area (Å²) in [5, 5.41) is 8.77. The molecule has 0 heterocycles. The largest absolute Gasteiger partial charge is 0.481 e. The van der Waals surface area contributed by atoms with Gasteiger partial charge in [-0.25, -0.2) is 0 Å². The van der Waals surface area contributed by atoms with Gasteiger partial charge in [-0.2, -0.15) is 0 Å². The third-order valence-corrected chi connectivity index (χ3v) is 4.30. The number of carboxylic acids is 1. The van der Waals surface area contributed by atoms with E-state index in [1.165, 1.54) is 11.8 Å². The van der Waals surface area contributed by atoms with E-state index < -0.39 is 5.97 Å². The molecule has 0 radical (unpaired) electrons. The fraction of sp³-hybridized carbons (Fsp3) is 0.467. The molecule has 19 heavy (non-hydrogen) atoms. The third-order valence-electron chi connectivity index (χ3n) is 2.76. The number of carboxylic acid groups (broad SMARTS) is 1. The molecule has 1 atom stereocenters. The minimum atomic E-state index is -0.846. The number of hydrogen-bond donors (Lipinski definition) is 1. The Kier molecular flexibility index (Phi) is 6.64. The van der Waals surface area contributed by atoms with Crippen LogP contribution in [-0.2, 0) is 9.59 Å². The molecule has 0 saturated heterocycles. The molecule has 0 bridgehead atoms. The normalized spacial score (nSPS) is 12.4. The smallest absolute Gasteiger partial charge is 0.303 e. The van der Waals surface area contributed by atoms with Gasteiger partial charge in [-0.1, -0.05) is 55.9 Å². The highest BCUT2D eigenvalue weighted by atomic mass is 32.2. The maximum Gasteiger partial charge on any atom is 0.303 e. The SMILES string of the molecule is CC(C)[C@H](SC(=O)CCCC(=O)O)c1ccccc1. The van der Waals surface area contributed by atoms with E-state index in [0.29, 0.717) is 18.8 Å². The first kappa shape index (κ1) is 15.8. The van der Waals surface area contributed by atoms with Gasteiger partial charge in [-0.05, 0) is 17.9 Å². The number of hydrogen-bond acceptors (Lipinski definition) is 3. The standard InChI is InChI=1S/C15H20O3S/c1-11(2)15(12-7-4-3-5-8-12)19-14(18)10-6-9-13(16)17/h3-5,7-8,11,15H,6,9-10H2,1-2H3,(H,16,17)/t15-/m0/s1. The maximum atomic E-state index is 11.9. The van der Waals surface area contributed by atoms with Crippen molar-refractivity contribution in [2.24, 2.45) is 5.92 Å². The molecule has 1 aromatic rings. The molecule has 0 spiro atoms. The lowest BCUT2D eigenvalue weighted by Crippen LogP contribution is -2.07. The van der Waals surface area contributed by atoms with Crippen LogP contribution in [0.2, 0.25) is 0 Å². The molecule has 0 aliphatic heterocycles. The molecule has 0 unspecified atom stereocenters. The Morgan fingerprint density at radius 3 is 2.32 bits per heavy atom. The van der Waals surface area contributed by atoms with Crippen molar-refractivity contribution in [3.63, 3.8) is 0 Å². The van der Waals surface area contributed by atoms with Crippen LogP contribution in [0.3, 0.4) is 0 Å². The maximum absolute atomic E-state index is 11.9. The number of aliphatic carboxylic acids is 1. The minimum absolute atomic E-state index is 0.0595. The lowest BCUT2D eigenvalue weighted by Gasteiger charge is -2.19. The van der Waals surface area contributed by atoms with E-state index in [0.717, 1.165) is 5.56 Å².